The van der Waals surface area contributed by atoms with Crippen LogP contribution in [0.3, 0.4) is 0 Å². The SMILES string of the molecule is C[C@H](C(=O)Nc1ccc(Cc2nc3ccccc3s2)cc1)N(C)Cc1cccs1. The molecule has 0 saturated heterocycles. The minimum absolute atomic E-state index is 0.00276. The van der Waals surface area contributed by atoms with Crippen LogP contribution in [0.2, 0.25) is 0 Å². The number of aromatic nitrogens is 1. The molecule has 0 aliphatic heterocycles. The third-order valence-electron chi connectivity index (χ3n) is 4.94. The summed E-state index contributed by atoms with van der Waals surface area (Å²) in [5.74, 6) is 0.00276. The van der Waals surface area contributed by atoms with E-state index in [0.29, 0.717) is 0 Å². The minimum Gasteiger partial charge on any atom is -0.325 e. The van der Waals surface area contributed by atoms with E-state index in [9.17, 15) is 4.79 Å². The van der Waals surface area contributed by atoms with E-state index in [1.165, 1.54) is 15.1 Å². The van der Waals surface area contributed by atoms with E-state index in [1.54, 1.807) is 22.7 Å². The van der Waals surface area contributed by atoms with Crippen molar-refractivity contribution in [2.75, 3.05) is 12.4 Å². The summed E-state index contributed by atoms with van der Waals surface area (Å²) < 4.78 is 1.21. The molecule has 1 atom stereocenters. The molecule has 2 aromatic carbocycles. The lowest BCUT2D eigenvalue weighted by molar-refractivity contribution is -0.120. The summed E-state index contributed by atoms with van der Waals surface area (Å²) in [4.78, 5) is 20.6. The number of carbonyl (C=O) groups is 1. The zero-order valence-corrected chi connectivity index (χ0v) is 18.1. The van der Waals surface area contributed by atoms with Gasteiger partial charge in [0.2, 0.25) is 5.91 Å². The second-order valence-corrected chi connectivity index (χ2v) is 9.26. The van der Waals surface area contributed by atoms with E-state index in [0.717, 1.165) is 29.2 Å². The third-order valence-corrected chi connectivity index (χ3v) is 6.84. The van der Waals surface area contributed by atoms with Gasteiger partial charge in [0.15, 0.2) is 0 Å². The number of nitrogens with zero attached hydrogens (tertiary/aromatic N) is 2. The van der Waals surface area contributed by atoms with E-state index < -0.39 is 0 Å². The Bertz CT molecular complexity index is 1050. The Labute approximate surface area is 178 Å². The number of carbonyl (C=O) groups excluding carboxylic acids is 1. The summed E-state index contributed by atoms with van der Waals surface area (Å²) in [5, 5.41) is 6.19. The van der Waals surface area contributed by atoms with Gasteiger partial charge in [0.25, 0.3) is 0 Å². The van der Waals surface area contributed by atoms with Crippen molar-refractivity contribution in [2.24, 2.45) is 0 Å². The highest BCUT2D eigenvalue weighted by atomic mass is 32.1. The summed E-state index contributed by atoms with van der Waals surface area (Å²) in [7, 11) is 1.98. The Hall–Kier alpha value is -2.54. The van der Waals surface area contributed by atoms with Crippen LogP contribution in [-0.2, 0) is 17.8 Å². The molecule has 0 fully saturated rings. The molecule has 2 heterocycles. The van der Waals surface area contributed by atoms with Gasteiger partial charge < -0.3 is 5.32 Å². The number of thiophene rings is 1. The van der Waals surface area contributed by atoms with Gasteiger partial charge in [0, 0.05) is 23.5 Å². The second kappa shape index (κ2) is 8.86. The van der Waals surface area contributed by atoms with Crippen molar-refractivity contribution >= 4 is 44.5 Å². The van der Waals surface area contributed by atoms with Crippen LogP contribution in [0.4, 0.5) is 5.69 Å². The van der Waals surface area contributed by atoms with Gasteiger partial charge in [-0.25, -0.2) is 4.98 Å². The van der Waals surface area contributed by atoms with Crippen molar-refractivity contribution in [1.29, 1.82) is 0 Å². The molecule has 0 aliphatic carbocycles. The fourth-order valence-electron chi connectivity index (χ4n) is 3.11. The number of hydrogen-bond donors (Lipinski definition) is 1. The molecule has 2 aromatic heterocycles. The molecule has 0 unspecified atom stereocenters. The summed E-state index contributed by atoms with van der Waals surface area (Å²) in [6.07, 6.45) is 0.799. The number of rotatable bonds is 7. The van der Waals surface area contributed by atoms with E-state index >= 15 is 0 Å². The highest BCUT2D eigenvalue weighted by molar-refractivity contribution is 7.18. The Balaban J connectivity index is 1.35. The lowest BCUT2D eigenvalue weighted by Gasteiger charge is -2.23. The van der Waals surface area contributed by atoms with Crippen LogP contribution in [0.5, 0.6) is 0 Å². The van der Waals surface area contributed by atoms with Gasteiger partial charge in [-0.15, -0.1) is 22.7 Å². The van der Waals surface area contributed by atoms with Crippen LogP contribution in [-0.4, -0.2) is 28.9 Å². The third kappa shape index (κ3) is 4.90. The summed E-state index contributed by atoms with van der Waals surface area (Å²) in [6.45, 7) is 2.71. The molecule has 0 spiro atoms. The Kier molecular flexibility index (Phi) is 6.04. The smallest absolute Gasteiger partial charge is 0.241 e. The fourth-order valence-corrected chi connectivity index (χ4v) is 4.88. The second-order valence-electron chi connectivity index (χ2n) is 7.11. The van der Waals surface area contributed by atoms with Crippen LogP contribution >= 0.6 is 22.7 Å². The van der Waals surface area contributed by atoms with Crippen LogP contribution in [0, 0.1) is 0 Å². The molecule has 4 aromatic rings. The molecular formula is C23H23N3OS2. The van der Waals surface area contributed by atoms with Crippen molar-refractivity contribution in [1.82, 2.24) is 9.88 Å². The van der Waals surface area contributed by atoms with Gasteiger partial charge in [-0.05, 0) is 55.2 Å². The molecule has 0 radical (unpaired) electrons. The van der Waals surface area contributed by atoms with Gasteiger partial charge >= 0.3 is 0 Å². The molecule has 0 bridgehead atoms. The maximum atomic E-state index is 12.6. The van der Waals surface area contributed by atoms with Crippen molar-refractivity contribution < 1.29 is 4.79 Å². The monoisotopic (exact) mass is 421 g/mol. The van der Waals surface area contributed by atoms with Gasteiger partial charge in [-0.3, -0.25) is 9.69 Å². The number of thiazole rings is 1. The highest BCUT2D eigenvalue weighted by Gasteiger charge is 2.18. The molecule has 148 valence electrons. The summed E-state index contributed by atoms with van der Waals surface area (Å²) in [6, 6.07) is 20.2. The largest absolute Gasteiger partial charge is 0.325 e. The Morgan fingerprint density at radius 3 is 2.62 bits per heavy atom. The maximum absolute atomic E-state index is 12.6. The summed E-state index contributed by atoms with van der Waals surface area (Å²) >= 11 is 3.44. The first-order valence-electron chi connectivity index (χ1n) is 9.55. The minimum atomic E-state index is -0.209. The van der Waals surface area contributed by atoms with Gasteiger partial charge in [0.1, 0.15) is 0 Å². The van der Waals surface area contributed by atoms with E-state index in [4.69, 9.17) is 4.98 Å². The van der Waals surface area contributed by atoms with E-state index in [2.05, 4.69) is 39.9 Å². The number of hydrogen-bond acceptors (Lipinski definition) is 5. The predicted molar refractivity (Wildman–Crippen MR) is 123 cm³/mol. The van der Waals surface area contributed by atoms with Crippen molar-refractivity contribution in [3.8, 4) is 0 Å². The fraction of sp³-hybridized carbons (Fsp3) is 0.217. The highest BCUT2D eigenvalue weighted by Crippen LogP contribution is 2.24. The van der Waals surface area contributed by atoms with Crippen LogP contribution in [0.25, 0.3) is 10.2 Å². The van der Waals surface area contributed by atoms with Gasteiger partial charge in [-0.1, -0.05) is 30.3 Å². The molecule has 0 aliphatic rings. The van der Waals surface area contributed by atoms with Gasteiger partial charge in [0.05, 0.1) is 21.3 Å². The lowest BCUT2D eigenvalue weighted by Crippen LogP contribution is -2.39. The molecule has 1 amide bonds. The van der Waals surface area contributed by atoms with E-state index in [-0.39, 0.29) is 11.9 Å². The number of nitrogens with one attached hydrogen (secondary N) is 1. The van der Waals surface area contributed by atoms with Crippen LogP contribution < -0.4 is 5.32 Å². The number of amides is 1. The molecule has 0 saturated carbocycles. The first-order chi connectivity index (χ1) is 14.1. The standard InChI is InChI=1S/C23H23N3OS2/c1-16(26(2)15-19-6-5-13-28-19)23(27)24-18-11-9-17(10-12-18)14-22-25-20-7-3-4-8-21(20)29-22/h3-13,16H,14-15H2,1-2H3,(H,24,27)/t16-/m1/s1. The van der Waals surface area contributed by atoms with Crippen LogP contribution in [0.1, 0.15) is 22.4 Å². The van der Waals surface area contributed by atoms with Crippen LogP contribution in [0.15, 0.2) is 66.0 Å². The first-order valence-corrected chi connectivity index (χ1v) is 11.2. The molecule has 6 heteroatoms. The number of fused-ring (bicyclic) bond motifs is 1. The molecular weight excluding hydrogens is 398 g/mol. The van der Waals surface area contributed by atoms with Crippen molar-refractivity contribution in [3.05, 3.63) is 81.5 Å². The van der Waals surface area contributed by atoms with E-state index in [1.807, 2.05) is 50.4 Å². The number of para-hydroxylation sites is 1. The van der Waals surface area contributed by atoms with Gasteiger partial charge in [-0.2, -0.15) is 0 Å². The zero-order chi connectivity index (χ0) is 20.2. The predicted octanol–water partition coefficient (Wildman–Crippen LogP) is 5.41. The molecule has 4 rings (SSSR count). The average Bonchev–Trinajstić information content (AvgIpc) is 3.37. The topological polar surface area (TPSA) is 45.2 Å². The average molecular weight is 422 g/mol. The molecule has 29 heavy (non-hydrogen) atoms. The molecule has 1 N–H and O–H groups in total. The first kappa shape index (κ1) is 19.8. The van der Waals surface area contributed by atoms with Crippen molar-refractivity contribution in [3.63, 3.8) is 0 Å². The number of benzene rings is 2. The molecule has 4 nitrogen and oxygen atoms in total. The zero-order valence-electron chi connectivity index (χ0n) is 16.5. The number of likely N-dealkylation sites (N-methyl/N-ethyl adjacent to an activating group) is 1. The Morgan fingerprint density at radius 2 is 1.90 bits per heavy atom. The number of anilines is 1. The lowest BCUT2D eigenvalue weighted by atomic mass is 10.1. The quantitative estimate of drug-likeness (QED) is 0.434. The Morgan fingerprint density at radius 1 is 1.10 bits per heavy atom. The maximum Gasteiger partial charge on any atom is 0.241 e. The van der Waals surface area contributed by atoms with Crippen molar-refractivity contribution in [2.45, 2.75) is 25.9 Å². The normalized spacial score (nSPS) is 12.4. The summed E-state index contributed by atoms with van der Waals surface area (Å²) in [5.41, 5.74) is 3.06.